The van der Waals surface area contributed by atoms with Crippen LogP contribution in [0.3, 0.4) is 0 Å². The summed E-state index contributed by atoms with van der Waals surface area (Å²) in [7, 11) is 1.25. The van der Waals surface area contributed by atoms with Crippen LogP contribution in [0.1, 0.15) is 15.9 Å². The van der Waals surface area contributed by atoms with Crippen molar-refractivity contribution in [2.75, 3.05) is 18.2 Å². The molecule has 0 saturated heterocycles. The summed E-state index contributed by atoms with van der Waals surface area (Å²) in [6.45, 7) is 0. The van der Waals surface area contributed by atoms with Crippen LogP contribution in [0.5, 0.6) is 5.75 Å². The van der Waals surface area contributed by atoms with E-state index < -0.39 is 17.6 Å². The number of amides is 1. The third-order valence-electron chi connectivity index (χ3n) is 2.93. The third-order valence-corrected chi connectivity index (χ3v) is 2.93. The van der Waals surface area contributed by atoms with Crippen LogP contribution in [0.25, 0.3) is 0 Å². The van der Waals surface area contributed by atoms with Crippen molar-refractivity contribution in [3.8, 4) is 5.75 Å². The highest BCUT2D eigenvalue weighted by molar-refractivity contribution is 6.07. The van der Waals surface area contributed by atoms with Crippen LogP contribution in [0.15, 0.2) is 42.5 Å². The van der Waals surface area contributed by atoms with Crippen molar-refractivity contribution in [2.24, 2.45) is 0 Å². The van der Waals surface area contributed by atoms with E-state index in [1.807, 2.05) is 0 Å². The molecule has 116 valence electrons. The molecule has 0 spiro atoms. The lowest BCUT2D eigenvalue weighted by Gasteiger charge is -2.13. The third kappa shape index (κ3) is 3.49. The molecule has 0 aliphatic heterocycles. The molecular weight excluding hydrogens is 297 g/mol. The van der Waals surface area contributed by atoms with Crippen molar-refractivity contribution >= 4 is 17.3 Å². The topological polar surface area (TPSA) is 64.3 Å². The maximum absolute atomic E-state index is 12.8. The van der Waals surface area contributed by atoms with Gasteiger partial charge in [-0.1, -0.05) is 12.1 Å². The molecule has 4 nitrogen and oxygen atoms in total. The number of anilines is 2. The lowest BCUT2D eigenvalue weighted by molar-refractivity contribution is -0.137. The van der Waals surface area contributed by atoms with Crippen LogP contribution >= 0.6 is 0 Å². The van der Waals surface area contributed by atoms with Crippen molar-refractivity contribution in [1.29, 1.82) is 0 Å². The number of carbonyl (C=O) groups is 1. The number of rotatable bonds is 3. The summed E-state index contributed by atoms with van der Waals surface area (Å²) in [5.41, 5.74) is 5.14. The number of halogens is 3. The van der Waals surface area contributed by atoms with Crippen LogP contribution < -0.4 is 15.8 Å². The molecule has 2 aromatic rings. The molecule has 7 heteroatoms. The molecule has 0 heterocycles. The SMILES string of the molecule is COc1cc(NC(=O)c2ccccc2N)cc(C(F)(F)F)c1. The Morgan fingerprint density at radius 2 is 1.86 bits per heavy atom. The number of nitrogens with two attached hydrogens (primary N) is 1. The number of methoxy groups -OCH3 is 1. The molecule has 2 aromatic carbocycles. The fourth-order valence-corrected chi connectivity index (χ4v) is 1.85. The van der Waals surface area contributed by atoms with Gasteiger partial charge in [-0.15, -0.1) is 0 Å². The number of alkyl halides is 3. The van der Waals surface area contributed by atoms with E-state index in [0.29, 0.717) is 0 Å². The van der Waals surface area contributed by atoms with Crippen LogP contribution in [-0.2, 0) is 6.18 Å². The van der Waals surface area contributed by atoms with Gasteiger partial charge in [0.05, 0.1) is 18.2 Å². The molecule has 1 amide bonds. The molecule has 0 bridgehead atoms. The van der Waals surface area contributed by atoms with E-state index in [2.05, 4.69) is 5.32 Å². The molecule has 0 aromatic heterocycles. The van der Waals surface area contributed by atoms with Crippen molar-refractivity contribution in [1.82, 2.24) is 0 Å². The summed E-state index contributed by atoms with van der Waals surface area (Å²) >= 11 is 0. The Kier molecular flexibility index (Phi) is 4.25. The standard InChI is InChI=1S/C15H13F3N2O2/c1-22-11-7-9(15(16,17)18)6-10(8-11)20-14(21)12-4-2-3-5-13(12)19/h2-8H,19H2,1H3,(H,20,21). The molecule has 0 saturated carbocycles. The number of hydrogen-bond acceptors (Lipinski definition) is 3. The maximum atomic E-state index is 12.8. The fourth-order valence-electron chi connectivity index (χ4n) is 1.85. The average Bonchev–Trinajstić information content (AvgIpc) is 2.46. The summed E-state index contributed by atoms with van der Waals surface area (Å²) in [4.78, 5) is 12.1. The zero-order valence-electron chi connectivity index (χ0n) is 11.6. The Morgan fingerprint density at radius 3 is 2.45 bits per heavy atom. The van der Waals surface area contributed by atoms with Gasteiger partial charge < -0.3 is 15.8 Å². The van der Waals surface area contributed by atoms with E-state index in [4.69, 9.17) is 10.5 Å². The lowest BCUT2D eigenvalue weighted by atomic mass is 10.1. The predicted molar refractivity (Wildman–Crippen MR) is 76.8 cm³/mol. The van der Waals surface area contributed by atoms with Crippen LogP contribution in [-0.4, -0.2) is 13.0 Å². The average molecular weight is 310 g/mol. The first-order chi connectivity index (χ1) is 10.3. The van der Waals surface area contributed by atoms with Gasteiger partial charge in [0.25, 0.3) is 5.91 Å². The molecule has 0 aliphatic rings. The van der Waals surface area contributed by atoms with Crippen molar-refractivity contribution in [2.45, 2.75) is 6.18 Å². The van der Waals surface area contributed by atoms with E-state index in [9.17, 15) is 18.0 Å². The summed E-state index contributed by atoms with van der Waals surface area (Å²) < 4.78 is 43.3. The van der Waals surface area contributed by atoms with Crippen molar-refractivity contribution < 1.29 is 22.7 Å². The molecule has 0 atom stereocenters. The van der Waals surface area contributed by atoms with E-state index in [1.165, 1.54) is 25.3 Å². The minimum atomic E-state index is -4.54. The van der Waals surface area contributed by atoms with E-state index in [0.717, 1.165) is 12.1 Å². The predicted octanol–water partition coefficient (Wildman–Crippen LogP) is 3.55. The van der Waals surface area contributed by atoms with Crippen LogP contribution in [0.4, 0.5) is 24.5 Å². The van der Waals surface area contributed by atoms with Gasteiger partial charge in [-0.2, -0.15) is 13.2 Å². The van der Waals surface area contributed by atoms with Gasteiger partial charge >= 0.3 is 6.18 Å². The maximum Gasteiger partial charge on any atom is 0.416 e. The Hall–Kier alpha value is -2.70. The van der Waals surface area contributed by atoms with E-state index in [-0.39, 0.29) is 22.7 Å². The summed E-state index contributed by atoms with van der Waals surface area (Å²) in [5, 5.41) is 2.39. The molecule has 3 N–H and O–H groups in total. The molecule has 0 unspecified atom stereocenters. The largest absolute Gasteiger partial charge is 0.497 e. The Labute approximate surface area is 124 Å². The van der Waals surface area contributed by atoms with Gasteiger partial charge in [0, 0.05) is 17.4 Å². The number of hydrogen-bond donors (Lipinski definition) is 2. The van der Waals surface area contributed by atoms with E-state index >= 15 is 0 Å². The van der Waals surface area contributed by atoms with E-state index in [1.54, 1.807) is 12.1 Å². The second kappa shape index (κ2) is 5.97. The molecular formula is C15H13F3N2O2. The summed E-state index contributed by atoms with van der Waals surface area (Å²) in [5.74, 6) is -0.606. The molecule has 22 heavy (non-hydrogen) atoms. The van der Waals surface area contributed by atoms with Gasteiger partial charge in [-0.25, -0.2) is 0 Å². The highest BCUT2D eigenvalue weighted by Gasteiger charge is 2.31. The highest BCUT2D eigenvalue weighted by atomic mass is 19.4. The summed E-state index contributed by atoms with van der Waals surface area (Å²) in [6.07, 6.45) is -4.54. The normalized spacial score (nSPS) is 11.1. The van der Waals surface area contributed by atoms with Gasteiger partial charge in [-0.3, -0.25) is 4.79 Å². The van der Waals surface area contributed by atoms with Gasteiger partial charge in [0.1, 0.15) is 5.75 Å². The minimum Gasteiger partial charge on any atom is -0.497 e. The second-order valence-corrected chi connectivity index (χ2v) is 4.49. The number of carbonyl (C=O) groups excluding carboxylic acids is 1. The Morgan fingerprint density at radius 1 is 1.18 bits per heavy atom. The van der Waals surface area contributed by atoms with Gasteiger partial charge in [0.2, 0.25) is 0 Å². The minimum absolute atomic E-state index is 0.00819. The van der Waals surface area contributed by atoms with Gasteiger partial charge in [-0.05, 0) is 24.3 Å². The van der Waals surface area contributed by atoms with Crippen LogP contribution in [0, 0.1) is 0 Å². The van der Waals surface area contributed by atoms with Gasteiger partial charge in [0.15, 0.2) is 0 Å². The van der Waals surface area contributed by atoms with Crippen LogP contribution in [0.2, 0.25) is 0 Å². The van der Waals surface area contributed by atoms with Crippen molar-refractivity contribution in [3.05, 3.63) is 53.6 Å². The number of ether oxygens (including phenoxy) is 1. The quantitative estimate of drug-likeness (QED) is 0.852. The zero-order chi connectivity index (χ0) is 16.3. The Bertz CT molecular complexity index is 699. The number of nitrogens with one attached hydrogen (secondary N) is 1. The first-order valence-corrected chi connectivity index (χ1v) is 6.23. The lowest BCUT2D eigenvalue weighted by Crippen LogP contribution is -2.15. The molecule has 0 radical (unpaired) electrons. The number of nitrogen functional groups attached to an aromatic ring is 1. The molecule has 0 fully saturated rings. The molecule has 2 rings (SSSR count). The molecule has 0 aliphatic carbocycles. The first kappa shape index (κ1) is 15.7. The number of para-hydroxylation sites is 1. The smallest absolute Gasteiger partial charge is 0.416 e. The van der Waals surface area contributed by atoms with Crippen molar-refractivity contribution in [3.63, 3.8) is 0 Å². The monoisotopic (exact) mass is 310 g/mol. The fraction of sp³-hybridized carbons (Fsp3) is 0.133. The zero-order valence-corrected chi connectivity index (χ0v) is 11.6. The number of benzene rings is 2. The summed E-state index contributed by atoms with van der Waals surface area (Å²) in [6, 6.07) is 9.26. The first-order valence-electron chi connectivity index (χ1n) is 6.23. The highest BCUT2D eigenvalue weighted by Crippen LogP contribution is 2.34. The second-order valence-electron chi connectivity index (χ2n) is 4.49. The Balaban J connectivity index is 2.33.